The van der Waals surface area contributed by atoms with Gasteiger partial charge >= 0.3 is 144 Å². The Morgan fingerprint density at radius 2 is 1.12 bits per heavy atom. The van der Waals surface area contributed by atoms with E-state index in [-0.39, 0.29) is 5.60 Å². The molecule has 0 radical (unpaired) electrons. The topological polar surface area (TPSA) is 9.23 Å². The molecule has 4 rings (SSSR count). The van der Waals surface area contributed by atoms with Gasteiger partial charge in [-0.2, -0.15) is 0 Å². The minimum atomic E-state index is -2.95. The zero-order chi connectivity index (χ0) is 16.9. The van der Waals surface area contributed by atoms with Crippen LogP contribution in [0.3, 0.4) is 0 Å². The van der Waals surface area contributed by atoms with E-state index in [4.69, 9.17) is 4.52 Å². The van der Waals surface area contributed by atoms with E-state index in [2.05, 4.69) is 105 Å². The quantitative estimate of drug-likeness (QED) is 0.634. The van der Waals surface area contributed by atoms with Gasteiger partial charge in [-0.15, -0.1) is 0 Å². The molecule has 0 saturated heterocycles. The second kappa shape index (κ2) is 5.02. The van der Waals surface area contributed by atoms with Crippen LogP contribution in [0, 0.1) is 0 Å². The normalized spacial score (nSPS) is 21.4. The van der Waals surface area contributed by atoms with E-state index < -0.39 is 6.83 Å². The first-order chi connectivity index (χ1) is 11.5. The van der Waals surface area contributed by atoms with Crippen LogP contribution in [0.5, 0.6) is 0 Å². The molecule has 1 aliphatic rings. The predicted octanol–water partition coefficient (Wildman–Crippen LogP) is 4.33. The Balaban J connectivity index is 2.17. The van der Waals surface area contributed by atoms with Gasteiger partial charge in [-0.3, -0.25) is 0 Å². The fraction of sp³-hybridized carbons (Fsp3) is 0.182. The average Bonchev–Trinajstić information content (AvgIpc) is 2.83. The SMILES string of the molecule is CC1(C)OP(C)(c2ccccc2)(c2ccccc2)c2ccccc21. The van der Waals surface area contributed by atoms with Crippen LogP contribution in [0.1, 0.15) is 19.4 Å². The Morgan fingerprint density at radius 3 is 1.67 bits per heavy atom. The van der Waals surface area contributed by atoms with Crippen LogP contribution in [0.4, 0.5) is 0 Å². The molecular formula is C22H23OP. The molecule has 0 unspecified atom stereocenters. The first kappa shape index (κ1) is 15.6. The fourth-order valence-corrected chi connectivity index (χ4v) is 9.78. The van der Waals surface area contributed by atoms with Crippen LogP contribution in [-0.2, 0) is 10.1 Å². The first-order valence-corrected chi connectivity index (χ1v) is 11.0. The van der Waals surface area contributed by atoms with Gasteiger partial charge in [0.15, 0.2) is 0 Å². The van der Waals surface area contributed by atoms with Gasteiger partial charge in [-0.1, -0.05) is 0 Å². The van der Waals surface area contributed by atoms with Gasteiger partial charge < -0.3 is 0 Å². The van der Waals surface area contributed by atoms with Crippen molar-refractivity contribution in [1.82, 2.24) is 0 Å². The summed E-state index contributed by atoms with van der Waals surface area (Å²) in [5.74, 6) is 0. The molecular weight excluding hydrogens is 311 g/mol. The van der Waals surface area contributed by atoms with E-state index >= 15 is 0 Å². The van der Waals surface area contributed by atoms with Gasteiger partial charge in [0.05, 0.1) is 0 Å². The van der Waals surface area contributed by atoms with Crippen molar-refractivity contribution in [2.24, 2.45) is 0 Å². The third-order valence-electron chi connectivity index (χ3n) is 5.35. The summed E-state index contributed by atoms with van der Waals surface area (Å²) in [7, 11) is 0. The number of rotatable bonds is 2. The molecule has 1 nitrogen and oxygen atoms in total. The van der Waals surface area contributed by atoms with Crippen molar-refractivity contribution in [2.45, 2.75) is 19.4 Å². The molecule has 0 N–H and O–H groups in total. The van der Waals surface area contributed by atoms with Crippen molar-refractivity contribution in [3.8, 4) is 0 Å². The van der Waals surface area contributed by atoms with Crippen LogP contribution in [0.2, 0.25) is 0 Å². The van der Waals surface area contributed by atoms with Gasteiger partial charge in [0.25, 0.3) is 0 Å². The molecule has 0 aliphatic carbocycles. The van der Waals surface area contributed by atoms with Crippen molar-refractivity contribution >= 4 is 22.7 Å². The third-order valence-corrected chi connectivity index (χ3v) is 10.9. The van der Waals surface area contributed by atoms with E-state index in [1.165, 1.54) is 21.5 Å². The zero-order valence-electron chi connectivity index (χ0n) is 14.4. The van der Waals surface area contributed by atoms with Crippen LogP contribution >= 0.6 is 6.83 Å². The number of benzene rings is 3. The molecule has 122 valence electrons. The maximum atomic E-state index is 7.10. The van der Waals surface area contributed by atoms with E-state index in [0.29, 0.717) is 0 Å². The maximum absolute atomic E-state index is 7.10. The van der Waals surface area contributed by atoms with E-state index in [0.717, 1.165) is 0 Å². The minimum absolute atomic E-state index is 0.311. The Morgan fingerprint density at radius 1 is 0.667 bits per heavy atom. The summed E-state index contributed by atoms with van der Waals surface area (Å²) in [4.78, 5) is 0. The van der Waals surface area contributed by atoms with Crippen molar-refractivity contribution in [3.63, 3.8) is 0 Å². The molecule has 1 heterocycles. The molecule has 0 amide bonds. The third kappa shape index (κ3) is 1.89. The molecule has 0 spiro atoms. The van der Waals surface area contributed by atoms with Crippen LogP contribution < -0.4 is 15.9 Å². The number of hydrogen-bond acceptors (Lipinski definition) is 1. The Labute approximate surface area is 144 Å². The predicted molar refractivity (Wildman–Crippen MR) is 105 cm³/mol. The summed E-state index contributed by atoms with van der Waals surface area (Å²) in [6, 6.07) is 30.3. The average molecular weight is 334 g/mol. The Hall–Kier alpha value is -1.95. The van der Waals surface area contributed by atoms with Gasteiger partial charge in [0, 0.05) is 0 Å². The molecule has 0 aromatic heterocycles. The van der Waals surface area contributed by atoms with Crippen molar-refractivity contribution < 1.29 is 4.52 Å². The molecule has 0 atom stereocenters. The molecule has 1 aliphatic heterocycles. The second-order valence-corrected chi connectivity index (χ2v) is 11.9. The van der Waals surface area contributed by atoms with Gasteiger partial charge in [0.1, 0.15) is 0 Å². The van der Waals surface area contributed by atoms with Gasteiger partial charge in [-0.05, 0) is 0 Å². The Bertz CT molecular complexity index is 845. The summed E-state index contributed by atoms with van der Waals surface area (Å²) in [5.41, 5.74) is 0.993. The summed E-state index contributed by atoms with van der Waals surface area (Å²) in [5, 5.41) is 3.92. The first-order valence-electron chi connectivity index (χ1n) is 8.40. The van der Waals surface area contributed by atoms with Crippen LogP contribution in [0.25, 0.3) is 0 Å². The molecule has 0 saturated carbocycles. The number of hydrogen-bond donors (Lipinski definition) is 0. The monoisotopic (exact) mass is 334 g/mol. The van der Waals surface area contributed by atoms with E-state index in [1.807, 2.05) is 0 Å². The molecule has 0 bridgehead atoms. The molecule has 0 fully saturated rings. The van der Waals surface area contributed by atoms with Crippen molar-refractivity contribution in [3.05, 3.63) is 90.5 Å². The molecule has 3 aromatic carbocycles. The molecule has 2 heteroatoms. The van der Waals surface area contributed by atoms with Crippen molar-refractivity contribution in [1.29, 1.82) is 0 Å². The summed E-state index contributed by atoms with van der Waals surface area (Å²) >= 11 is 0. The van der Waals surface area contributed by atoms with Crippen LogP contribution in [0.15, 0.2) is 84.9 Å². The zero-order valence-corrected chi connectivity index (χ0v) is 15.3. The fourth-order valence-electron chi connectivity index (χ4n) is 4.23. The molecule has 3 aromatic rings. The van der Waals surface area contributed by atoms with Gasteiger partial charge in [0.2, 0.25) is 0 Å². The summed E-state index contributed by atoms with van der Waals surface area (Å²) in [6.45, 7) is 3.78. The summed E-state index contributed by atoms with van der Waals surface area (Å²) < 4.78 is 7.10. The molecule has 24 heavy (non-hydrogen) atoms. The number of fused-ring (bicyclic) bond motifs is 1. The summed E-state index contributed by atoms with van der Waals surface area (Å²) in [6.07, 6.45) is 0. The van der Waals surface area contributed by atoms with E-state index in [9.17, 15) is 0 Å². The van der Waals surface area contributed by atoms with Crippen LogP contribution in [-0.4, -0.2) is 6.66 Å². The van der Waals surface area contributed by atoms with E-state index in [1.54, 1.807) is 0 Å². The van der Waals surface area contributed by atoms with Crippen molar-refractivity contribution in [2.75, 3.05) is 6.66 Å². The standard InChI is InChI=1S/C22H23OP/c1-22(2)20-16-10-11-17-21(20)24(3,23-22,18-12-6-4-7-13-18)19-14-8-5-9-15-19/h4-17H,1-3H3. The Kier molecular flexibility index (Phi) is 3.26. The van der Waals surface area contributed by atoms with Gasteiger partial charge in [-0.25, -0.2) is 0 Å². The second-order valence-electron chi connectivity index (χ2n) is 7.25.